The van der Waals surface area contributed by atoms with Gasteiger partial charge in [-0.2, -0.15) is 0 Å². The average molecular weight is 247 g/mol. The lowest BCUT2D eigenvalue weighted by Gasteiger charge is -2.21. The highest BCUT2D eigenvalue weighted by Gasteiger charge is 2.18. The number of nitrogens with one attached hydrogen (secondary N) is 2. The van der Waals surface area contributed by atoms with Crippen LogP contribution in [0.15, 0.2) is 17.6 Å². The molecule has 1 unspecified atom stereocenters. The molecule has 2 aromatic rings. The van der Waals surface area contributed by atoms with E-state index in [2.05, 4.69) is 33.7 Å². The smallest absolute Gasteiger partial charge is 0.123 e. The summed E-state index contributed by atoms with van der Waals surface area (Å²) < 4.78 is 0. The fourth-order valence-corrected chi connectivity index (χ4v) is 3.26. The number of H-pyrrole nitrogens is 1. The van der Waals surface area contributed by atoms with Crippen LogP contribution in [0.2, 0.25) is 0 Å². The van der Waals surface area contributed by atoms with Crippen molar-refractivity contribution < 1.29 is 0 Å². The molecule has 3 nitrogen and oxygen atoms in total. The number of aryl methyl sites for hydroxylation is 1. The number of imidazole rings is 1. The Morgan fingerprint density at radius 3 is 3.06 bits per heavy atom. The molecule has 0 radical (unpaired) electrons. The summed E-state index contributed by atoms with van der Waals surface area (Å²) in [6, 6.07) is 2.57. The van der Waals surface area contributed by atoms with E-state index in [0.29, 0.717) is 6.04 Å². The number of aromatic amines is 1. The summed E-state index contributed by atoms with van der Waals surface area (Å²) in [5.74, 6) is 1.09. The van der Waals surface area contributed by atoms with Crippen LogP contribution in [0.25, 0.3) is 10.6 Å². The molecular formula is C13H17N3S. The molecule has 90 valence electrons. The van der Waals surface area contributed by atoms with E-state index >= 15 is 0 Å². The van der Waals surface area contributed by atoms with Crippen molar-refractivity contribution in [3.05, 3.63) is 29.0 Å². The maximum Gasteiger partial charge on any atom is 0.123 e. The fourth-order valence-electron chi connectivity index (χ4n) is 2.36. The molecule has 0 spiro atoms. The summed E-state index contributed by atoms with van der Waals surface area (Å²) >= 11 is 1.77. The molecule has 1 saturated heterocycles. The monoisotopic (exact) mass is 247 g/mol. The van der Waals surface area contributed by atoms with Gasteiger partial charge < -0.3 is 10.3 Å². The zero-order chi connectivity index (χ0) is 11.7. The van der Waals surface area contributed by atoms with E-state index in [1.54, 1.807) is 11.3 Å². The first-order valence-electron chi connectivity index (χ1n) is 6.17. The summed E-state index contributed by atoms with van der Waals surface area (Å²) in [4.78, 5) is 9.29. The van der Waals surface area contributed by atoms with E-state index in [9.17, 15) is 0 Å². The molecule has 1 fully saturated rings. The molecular weight excluding hydrogens is 230 g/mol. The Labute approximate surface area is 105 Å². The van der Waals surface area contributed by atoms with Crippen molar-refractivity contribution in [3.8, 4) is 10.6 Å². The molecule has 0 amide bonds. The normalized spacial score (nSPS) is 20.6. The lowest BCUT2D eigenvalue weighted by molar-refractivity contribution is 0.399. The average Bonchev–Trinajstić information content (AvgIpc) is 2.98. The third-order valence-corrected chi connectivity index (χ3v) is 4.39. The minimum absolute atomic E-state index is 0.415. The molecule has 0 aromatic carbocycles. The van der Waals surface area contributed by atoms with Gasteiger partial charge in [0.2, 0.25) is 0 Å². The predicted octanol–water partition coefficient (Wildman–Crippen LogP) is 3.26. The summed E-state index contributed by atoms with van der Waals surface area (Å²) in [5, 5.41) is 5.65. The number of piperidine rings is 1. The number of thiophene rings is 1. The van der Waals surface area contributed by atoms with Crippen LogP contribution in [-0.4, -0.2) is 16.5 Å². The van der Waals surface area contributed by atoms with E-state index in [1.807, 2.05) is 6.20 Å². The van der Waals surface area contributed by atoms with Crippen molar-refractivity contribution in [3.63, 3.8) is 0 Å². The molecule has 1 aliphatic heterocycles. The lowest BCUT2D eigenvalue weighted by Crippen LogP contribution is -2.27. The van der Waals surface area contributed by atoms with Gasteiger partial charge in [0.25, 0.3) is 0 Å². The van der Waals surface area contributed by atoms with Crippen molar-refractivity contribution in [1.82, 2.24) is 15.3 Å². The van der Waals surface area contributed by atoms with Crippen LogP contribution in [0.4, 0.5) is 0 Å². The summed E-state index contributed by atoms with van der Waals surface area (Å²) in [7, 11) is 0. The molecule has 17 heavy (non-hydrogen) atoms. The molecule has 0 aliphatic carbocycles. The highest BCUT2D eigenvalue weighted by Crippen LogP contribution is 2.29. The van der Waals surface area contributed by atoms with Gasteiger partial charge in [-0.1, -0.05) is 6.42 Å². The standard InChI is InChI=1S/C13H17N3S/c1-9-5-7-17-12(9)11-8-15-13(16-11)10-4-2-3-6-14-10/h5,7-8,10,14H,2-4,6H2,1H3,(H,15,16). The number of hydrogen-bond donors (Lipinski definition) is 2. The molecule has 4 heteroatoms. The minimum atomic E-state index is 0.415. The van der Waals surface area contributed by atoms with Gasteiger partial charge in [0.1, 0.15) is 5.82 Å². The maximum atomic E-state index is 4.53. The van der Waals surface area contributed by atoms with Crippen LogP contribution in [0.5, 0.6) is 0 Å². The fraction of sp³-hybridized carbons (Fsp3) is 0.462. The molecule has 3 heterocycles. The second-order valence-electron chi connectivity index (χ2n) is 4.62. The van der Waals surface area contributed by atoms with Crippen molar-refractivity contribution >= 4 is 11.3 Å². The summed E-state index contributed by atoms with van der Waals surface area (Å²) in [6.07, 6.45) is 5.74. The molecule has 2 N–H and O–H groups in total. The van der Waals surface area contributed by atoms with Gasteiger partial charge in [-0.15, -0.1) is 11.3 Å². The highest BCUT2D eigenvalue weighted by molar-refractivity contribution is 7.13. The quantitative estimate of drug-likeness (QED) is 0.855. The van der Waals surface area contributed by atoms with E-state index in [0.717, 1.165) is 18.1 Å². The zero-order valence-corrected chi connectivity index (χ0v) is 10.8. The molecule has 2 aromatic heterocycles. The van der Waals surface area contributed by atoms with Crippen molar-refractivity contribution in [2.24, 2.45) is 0 Å². The Bertz CT molecular complexity index is 494. The van der Waals surface area contributed by atoms with Crippen molar-refractivity contribution in [2.75, 3.05) is 6.54 Å². The van der Waals surface area contributed by atoms with Crippen LogP contribution in [0.3, 0.4) is 0 Å². The van der Waals surface area contributed by atoms with Gasteiger partial charge in [-0.25, -0.2) is 4.98 Å². The zero-order valence-electron chi connectivity index (χ0n) is 9.99. The Balaban J connectivity index is 1.85. The Hall–Kier alpha value is -1.13. The van der Waals surface area contributed by atoms with Crippen LogP contribution in [0.1, 0.15) is 36.7 Å². The van der Waals surface area contributed by atoms with E-state index < -0.39 is 0 Å². The first kappa shape index (κ1) is 11.0. The van der Waals surface area contributed by atoms with Crippen LogP contribution < -0.4 is 5.32 Å². The third-order valence-electron chi connectivity index (χ3n) is 3.34. The lowest BCUT2D eigenvalue weighted by atomic mass is 10.0. The van der Waals surface area contributed by atoms with Gasteiger partial charge >= 0.3 is 0 Å². The van der Waals surface area contributed by atoms with Crippen LogP contribution >= 0.6 is 11.3 Å². The molecule has 0 saturated carbocycles. The van der Waals surface area contributed by atoms with Crippen molar-refractivity contribution in [2.45, 2.75) is 32.2 Å². The summed E-state index contributed by atoms with van der Waals surface area (Å²) in [5.41, 5.74) is 2.47. The molecule has 1 aliphatic rings. The maximum absolute atomic E-state index is 4.53. The van der Waals surface area contributed by atoms with Gasteiger partial charge in [0.15, 0.2) is 0 Å². The largest absolute Gasteiger partial charge is 0.340 e. The minimum Gasteiger partial charge on any atom is -0.340 e. The van der Waals surface area contributed by atoms with Gasteiger partial charge in [0.05, 0.1) is 22.8 Å². The number of rotatable bonds is 2. The Morgan fingerprint density at radius 1 is 1.41 bits per heavy atom. The van der Waals surface area contributed by atoms with Crippen molar-refractivity contribution in [1.29, 1.82) is 0 Å². The first-order valence-corrected chi connectivity index (χ1v) is 7.05. The summed E-state index contributed by atoms with van der Waals surface area (Å²) in [6.45, 7) is 3.25. The Morgan fingerprint density at radius 2 is 2.35 bits per heavy atom. The van der Waals surface area contributed by atoms with Crippen LogP contribution in [0, 0.1) is 6.92 Å². The van der Waals surface area contributed by atoms with Crippen LogP contribution in [-0.2, 0) is 0 Å². The number of hydrogen-bond acceptors (Lipinski definition) is 3. The number of nitrogens with zero attached hydrogens (tertiary/aromatic N) is 1. The second-order valence-corrected chi connectivity index (χ2v) is 5.53. The SMILES string of the molecule is Cc1ccsc1-c1cnc(C2CCCCN2)[nH]1. The van der Waals surface area contributed by atoms with E-state index in [1.165, 1.54) is 29.7 Å². The first-order chi connectivity index (χ1) is 8.34. The molecule has 1 atom stereocenters. The second kappa shape index (κ2) is 4.63. The number of aromatic nitrogens is 2. The predicted molar refractivity (Wildman–Crippen MR) is 71.2 cm³/mol. The Kier molecular flexibility index (Phi) is 2.99. The highest BCUT2D eigenvalue weighted by atomic mass is 32.1. The van der Waals surface area contributed by atoms with Gasteiger partial charge in [0, 0.05) is 0 Å². The van der Waals surface area contributed by atoms with E-state index in [-0.39, 0.29) is 0 Å². The van der Waals surface area contributed by atoms with E-state index in [4.69, 9.17) is 0 Å². The van der Waals surface area contributed by atoms with Gasteiger partial charge in [-0.3, -0.25) is 0 Å². The molecule has 3 rings (SSSR count). The topological polar surface area (TPSA) is 40.7 Å². The third kappa shape index (κ3) is 2.15. The molecule has 0 bridgehead atoms. The van der Waals surface area contributed by atoms with Gasteiger partial charge in [-0.05, 0) is 43.3 Å².